The van der Waals surface area contributed by atoms with E-state index in [1.807, 2.05) is 0 Å². The van der Waals surface area contributed by atoms with E-state index < -0.39 is 10.0 Å². The highest BCUT2D eigenvalue weighted by atomic mass is 32.2. The second kappa shape index (κ2) is 5.35. The van der Waals surface area contributed by atoms with Crippen LogP contribution in [-0.2, 0) is 23.0 Å². The van der Waals surface area contributed by atoms with Gasteiger partial charge in [0.2, 0.25) is 10.0 Å². The summed E-state index contributed by atoms with van der Waals surface area (Å²) in [5.74, 6) is 0. The maximum Gasteiger partial charge on any atom is 0.211 e. The molecule has 0 aliphatic carbocycles. The van der Waals surface area contributed by atoms with Crippen LogP contribution in [0.4, 0.5) is 5.69 Å². The lowest BCUT2D eigenvalue weighted by Gasteiger charge is -2.36. The van der Waals surface area contributed by atoms with Crippen LogP contribution in [0.5, 0.6) is 0 Å². The summed E-state index contributed by atoms with van der Waals surface area (Å²) in [4.78, 5) is 2.31. The van der Waals surface area contributed by atoms with Crippen LogP contribution in [0.3, 0.4) is 0 Å². The molecule has 0 aromatic heterocycles. The zero-order valence-electron chi connectivity index (χ0n) is 11.8. The predicted octanol–water partition coefficient (Wildman–Crippen LogP) is 0.414. The molecule has 0 amide bonds. The molecule has 0 radical (unpaired) electrons. The van der Waals surface area contributed by atoms with Crippen LogP contribution in [0.1, 0.15) is 11.1 Å². The zero-order chi connectivity index (χ0) is 14.2. The Labute approximate surface area is 120 Å². The first-order chi connectivity index (χ1) is 9.55. The van der Waals surface area contributed by atoms with E-state index in [1.165, 1.54) is 23.1 Å². The Morgan fingerprint density at radius 1 is 1.15 bits per heavy atom. The molecule has 0 bridgehead atoms. The van der Waals surface area contributed by atoms with Gasteiger partial charge in [-0.05, 0) is 30.2 Å². The lowest BCUT2D eigenvalue weighted by atomic mass is 9.98. The topological polar surface area (TPSA) is 52.7 Å². The summed E-state index contributed by atoms with van der Waals surface area (Å²) in [6, 6.07) is 6.47. The van der Waals surface area contributed by atoms with Crippen molar-refractivity contribution in [3.8, 4) is 0 Å². The van der Waals surface area contributed by atoms with Crippen molar-refractivity contribution in [2.24, 2.45) is 0 Å². The van der Waals surface area contributed by atoms with Crippen molar-refractivity contribution in [3.63, 3.8) is 0 Å². The van der Waals surface area contributed by atoms with Gasteiger partial charge in [-0.2, -0.15) is 4.31 Å². The lowest BCUT2D eigenvalue weighted by Crippen LogP contribution is -2.48. The minimum absolute atomic E-state index is 0.579. The largest absolute Gasteiger partial charge is 0.369 e. The Balaban J connectivity index is 1.79. The number of nitrogens with one attached hydrogen (secondary N) is 1. The Hall–Kier alpha value is -1.11. The lowest BCUT2D eigenvalue weighted by molar-refractivity contribution is 0.387. The molecule has 1 fully saturated rings. The van der Waals surface area contributed by atoms with Crippen molar-refractivity contribution in [1.29, 1.82) is 0 Å². The third-order valence-corrected chi connectivity index (χ3v) is 5.47. The van der Waals surface area contributed by atoms with Crippen LogP contribution in [0.2, 0.25) is 0 Å². The van der Waals surface area contributed by atoms with E-state index in [2.05, 4.69) is 28.4 Å². The number of nitrogens with zero attached hydrogens (tertiary/aromatic N) is 2. The van der Waals surface area contributed by atoms with Crippen LogP contribution in [0, 0.1) is 0 Å². The van der Waals surface area contributed by atoms with Gasteiger partial charge in [0.15, 0.2) is 0 Å². The molecule has 110 valence electrons. The summed E-state index contributed by atoms with van der Waals surface area (Å²) < 4.78 is 24.7. The number of benzene rings is 1. The van der Waals surface area contributed by atoms with Gasteiger partial charge in [-0.1, -0.05) is 12.1 Å². The smallest absolute Gasteiger partial charge is 0.211 e. The van der Waals surface area contributed by atoms with Gasteiger partial charge >= 0.3 is 0 Å². The van der Waals surface area contributed by atoms with E-state index >= 15 is 0 Å². The summed E-state index contributed by atoms with van der Waals surface area (Å²) in [5, 5.41) is 3.42. The van der Waals surface area contributed by atoms with Crippen molar-refractivity contribution in [2.45, 2.75) is 13.0 Å². The number of piperazine rings is 1. The van der Waals surface area contributed by atoms with Crippen LogP contribution in [0.15, 0.2) is 18.2 Å². The molecule has 2 aliphatic heterocycles. The summed E-state index contributed by atoms with van der Waals surface area (Å²) in [6.07, 6.45) is 2.36. The Bertz CT molecular complexity index is 592. The number of hydrogen-bond acceptors (Lipinski definition) is 4. The van der Waals surface area contributed by atoms with Crippen molar-refractivity contribution < 1.29 is 8.42 Å². The molecule has 1 aromatic carbocycles. The summed E-state index contributed by atoms with van der Waals surface area (Å²) in [6.45, 7) is 4.65. The molecular weight excluding hydrogens is 274 g/mol. The molecule has 1 aromatic rings. The standard InChI is InChI=1S/C14H21N3O2S/c1-20(18,19)17-9-7-16(8-10-17)14-4-2-3-12-5-6-15-11-13(12)14/h2-4,15H,5-11H2,1H3. The van der Waals surface area contributed by atoms with Gasteiger partial charge in [-0.25, -0.2) is 8.42 Å². The van der Waals surface area contributed by atoms with Crippen LogP contribution >= 0.6 is 0 Å². The molecular formula is C14H21N3O2S. The molecule has 5 nitrogen and oxygen atoms in total. The molecule has 6 heteroatoms. The van der Waals surface area contributed by atoms with Gasteiger partial charge in [0, 0.05) is 38.4 Å². The molecule has 1 N–H and O–H groups in total. The molecule has 1 saturated heterocycles. The van der Waals surface area contributed by atoms with Gasteiger partial charge in [0.05, 0.1) is 6.26 Å². The molecule has 2 heterocycles. The van der Waals surface area contributed by atoms with Crippen molar-refractivity contribution in [3.05, 3.63) is 29.3 Å². The first kappa shape index (κ1) is 13.9. The highest BCUT2D eigenvalue weighted by Crippen LogP contribution is 2.27. The first-order valence-corrected chi connectivity index (χ1v) is 8.92. The van der Waals surface area contributed by atoms with E-state index in [1.54, 1.807) is 4.31 Å². The number of fused-ring (bicyclic) bond motifs is 1. The SMILES string of the molecule is CS(=O)(=O)N1CCN(c2cccc3c2CNCC3)CC1. The second-order valence-corrected chi connectivity index (χ2v) is 7.47. The predicted molar refractivity (Wildman–Crippen MR) is 80.5 cm³/mol. The third-order valence-electron chi connectivity index (χ3n) is 4.17. The van der Waals surface area contributed by atoms with Crippen molar-refractivity contribution in [2.75, 3.05) is 43.9 Å². The Morgan fingerprint density at radius 3 is 2.60 bits per heavy atom. The van der Waals surface area contributed by atoms with E-state index in [4.69, 9.17) is 0 Å². The van der Waals surface area contributed by atoms with Crippen molar-refractivity contribution >= 4 is 15.7 Å². The quantitative estimate of drug-likeness (QED) is 0.859. The fourth-order valence-electron chi connectivity index (χ4n) is 3.05. The van der Waals surface area contributed by atoms with E-state index in [9.17, 15) is 8.42 Å². The maximum atomic E-state index is 11.6. The zero-order valence-corrected chi connectivity index (χ0v) is 12.6. The number of anilines is 1. The highest BCUT2D eigenvalue weighted by molar-refractivity contribution is 7.88. The van der Waals surface area contributed by atoms with Gasteiger partial charge < -0.3 is 10.2 Å². The summed E-state index contributed by atoms with van der Waals surface area (Å²) in [7, 11) is -3.05. The van der Waals surface area contributed by atoms with Crippen LogP contribution in [-0.4, -0.2) is 51.7 Å². The van der Waals surface area contributed by atoms with Crippen LogP contribution < -0.4 is 10.2 Å². The monoisotopic (exact) mass is 295 g/mol. The molecule has 3 rings (SSSR count). The van der Waals surface area contributed by atoms with E-state index in [-0.39, 0.29) is 0 Å². The highest BCUT2D eigenvalue weighted by Gasteiger charge is 2.25. The van der Waals surface area contributed by atoms with Gasteiger partial charge in [0.1, 0.15) is 0 Å². The molecule has 0 unspecified atom stereocenters. The first-order valence-electron chi connectivity index (χ1n) is 7.07. The van der Waals surface area contributed by atoms with Gasteiger partial charge in [-0.3, -0.25) is 0 Å². The number of sulfonamides is 1. The van der Waals surface area contributed by atoms with Gasteiger partial charge in [-0.15, -0.1) is 0 Å². The van der Waals surface area contributed by atoms with Crippen molar-refractivity contribution in [1.82, 2.24) is 9.62 Å². The molecule has 20 heavy (non-hydrogen) atoms. The third kappa shape index (κ3) is 2.68. The molecule has 0 atom stereocenters. The Morgan fingerprint density at radius 2 is 1.90 bits per heavy atom. The fraction of sp³-hybridized carbons (Fsp3) is 0.571. The minimum atomic E-state index is -3.05. The van der Waals surface area contributed by atoms with Crippen LogP contribution in [0.25, 0.3) is 0 Å². The molecule has 0 saturated carbocycles. The summed E-state index contributed by atoms with van der Waals surface area (Å²) >= 11 is 0. The summed E-state index contributed by atoms with van der Waals surface area (Å²) in [5.41, 5.74) is 4.07. The van der Waals surface area contributed by atoms with Gasteiger partial charge in [0.25, 0.3) is 0 Å². The molecule has 2 aliphatic rings. The van der Waals surface area contributed by atoms with E-state index in [0.717, 1.165) is 32.6 Å². The fourth-order valence-corrected chi connectivity index (χ4v) is 3.88. The average Bonchev–Trinajstić information content (AvgIpc) is 2.46. The normalized spacial score (nSPS) is 20.8. The maximum absolute atomic E-state index is 11.6. The average molecular weight is 295 g/mol. The minimum Gasteiger partial charge on any atom is -0.369 e. The number of rotatable bonds is 2. The number of hydrogen-bond donors (Lipinski definition) is 1. The second-order valence-electron chi connectivity index (χ2n) is 5.49. The Kier molecular flexibility index (Phi) is 3.70. The van der Waals surface area contributed by atoms with E-state index in [0.29, 0.717) is 13.1 Å². The molecule has 0 spiro atoms.